The van der Waals surface area contributed by atoms with E-state index in [1.165, 1.54) is 18.4 Å². The van der Waals surface area contributed by atoms with Crippen LogP contribution in [0.2, 0.25) is 0 Å². The molecule has 1 amide bonds. The van der Waals surface area contributed by atoms with Crippen molar-refractivity contribution in [1.29, 1.82) is 0 Å². The highest BCUT2D eigenvalue weighted by molar-refractivity contribution is 7.84. The second kappa shape index (κ2) is 7.67. The molecule has 1 aromatic carbocycles. The minimum atomic E-state index is -1.01. The average molecular weight is 283 g/mol. The molecular formula is C13H14FNO3S. The average Bonchev–Trinajstić information content (AvgIpc) is 2.37. The zero-order chi connectivity index (χ0) is 14.3. The second-order valence-corrected chi connectivity index (χ2v) is 5.24. The zero-order valence-electron chi connectivity index (χ0n) is 10.4. The van der Waals surface area contributed by atoms with Crippen molar-refractivity contribution in [2.75, 3.05) is 25.2 Å². The van der Waals surface area contributed by atoms with Crippen LogP contribution < -0.4 is 5.32 Å². The van der Waals surface area contributed by atoms with E-state index in [0.717, 1.165) is 6.07 Å². The number of aliphatic hydroxyl groups excluding tert-OH is 1. The molecule has 4 nitrogen and oxygen atoms in total. The SMILES string of the molecule is CS(=O)CCNC(=O)c1cc(C#CCO)ccc1F. The standard InChI is InChI=1S/C13H14FNO3S/c1-19(18)8-6-15-13(17)11-9-10(3-2-7-16)4-5-12(11)14/h4-5,9,16H,6-8H2,1H3,(H,15,17). The van der Waals surface area contributed by atoms with E-state index in [-0.39, 0.29) is 18.7 Å². The summed E-state index contributed by atoms with van der Waals surface area (Å²) in [5.41, 5.74) is 0.325. The van der Waals surface area contributed by atoms with Crippen LogP contribution in [0, 0.1) is 17.7 Å². The summed E-state index contributed by atoms with van der Waals surface area (Å²) in [7, 11) is -1.01. The van der Waals surface area contributed by atoms with Crippen molar-refractivity contribution >= 4 is 16.7 Å². The van der Waals surface area contributed by atoms with Crippen molar-refractivity contribution in [3.8, 4) is 11.8 Å². The van der Waals surface area contributed by atoms with Gasteiger partial charge in [-0.3, -0.25) is 9.00 Å². The number of hydrogen-bond acceptors (Lipinski definition) is 3. The normalized spacial score (nSPS) is 11.3. The van der Waals surface area contributed by atoms with Crippen molar-refractivity contribution in [1.82, 2.24) is 5.32 Å². The number of rotatable bonds is 4. The van der Waals surface area contributed by atoms with Gasteiger partial charge in [-0.25, -0.2) is 4.39 Å². The smallest absolute Gasteiger partial charge is 0.254 e. The van der Waals surface area contributed by atoms with E-state index in [2.05, 4.69) is 17.2 Å². The van der Waals surface area contributed by atoms with Crippen LogP contribution in [-0.4, -0.2) is 40.4 Å². The fourth-order valence-corrected chi connectivity index (χ4v) is 1.71. The number of halogens is 1. The highest BCUT2D eigenvalue weighted by Crippen LogP contribution is 2.09. The van der Waals surface area contributed by atoms with Gasteiger partial charge in [-0.1, -0.05) is 11.8 Å². The van der Waals surface area contributed by atoms with Crippen molar-refractivity contribution < 1.29 is 18.5 Å². The number of aliphatic hydroxyl groups is 1. The van der Waals surface area contributed by atoms with E-state index in [1.807, 2.05) is 0 Å². The minimum absolute atomic E-state index is 0.119. The zero-order valence-corrected chi connectivity index (χ0v) is 11.2. The van der Waals surface area contributed by atoms with E-state index >= 15 is 0 Å². The molecule has 0 aromatic heterocycles. The van der Waals surface area contributed by atoms with E-state index in [1.54, 1.807) is 0 Å². The maximum absolute atomic E-state index is 13.5. The molecule has 0 saturated heterocycles. The largest absolute Gasteiger partial charge is 0.384 e. The second-order valence-electron chi connectivity index (χ2n) is 3.69. The summed E-state index contributed by atoms with van der Waals surface area (Å²) in [6, 6.07) is 3.89. The Labute approximate surface area is 113 Å². The molecule has 0 radical (unpaired) electrons. The van der Waals surface area contributed by atoms with Gasteiger partial charge in [0.05, 0.1) is 5.56 Å². The quantitative estimate of drug-likeness (QED) is 0.780. The van der Waals surface area contributed by atoms with Crippen molar-refractivity contribution in [3.05, 3.63) is 35.1 Å². The summed E-state index contributed by atoms with van der Waals surface area (Å²) in [5, 5.41) is 11.1. The van der Waals surface area contributed by atoms with E-state index in [0.29, 0.717) is 11.3 Å². The molecule has 6 heteroatoms. The van der Waals surface area contributed by atoms with Crippen molar-refractivity contribution in [2.45, 2.75) is 0 Å². The summed E-state index contributed by atoms with van der Waals surface area (Å²) in [4.78, 5) is 11.7. The van der Waals surface area contributed by atoms with E-state index in [9.17, 15) is 13.4 Å². The third-order valence-corrected chi connectivity index (χ3v) is 2.98. The molecule has 0 fully saturated rings. The number of hydrogen-bond donors (Lipinski definition) is 2. The lowest BCUT2D eigenvalue weighted by Crippen LogP contribution is -2.28. The third-order valence-electron chi connectivity index (χ3n) is 2.20. The van der Waals surface area contributed by atoms with Gasteiger partial charge in [-0.05, 0) is 18.2 Å². The van der Waals surface area contributed by atoms with Crippen LogP contribution in [0.4, 0.5) is 4.39 Å². The molecular weight excluding hydrogens is 269 g/mol. The highest BCUT2D eigenvalue weighted by Gasteiger charge is 2.11. The molecule has 2 N–H and O–H groups in total. The van der Waals surface area contributed by atoms with Crippen LogP contribution in [0.5, 0.6) is 0 Å². The van der Waals surface area contributed by atoms with Gasteiger partial charge in [0.15, 0.2) is 0 Å². The maximum atomic E-state index is 13.5. The van der Waals surface area contributed by atoms with Crippen LogP contribution in [0.25, 0.3) is 0 Å². The Morgan fingerprint density at radius 3 is 2.89 bits per heavy atom. The Bertz CT molecular complexity index is 549. The third kappa shape index (κ3) is 5.20. The first-order valence-electron chi connectivity index (χ1n) is 5.52. The Balaban J connectivity index is 2.80. The topological polar surface area (TPSA) is 66.4 Å². The molecule has 0 saturated carbocycles. The highest BCUT2D eigenvalue weighted by atomic mass is 32.2. The molecule has 0 bridgehead atoms. The number of carbonyl (C=O) groups excluding carboxylic acids is 1. The summed E-state index contributed by atoms with van der Waals surface area (Å²) >= 11 is 0. The Hall–Kier alpha value is -1.71. The van der Waals surface area contributed by atoms with Crippen LogP contribution in [-0.2, 0) is 10.8 Å². The molecule has 102 valence electrons. The van der Waals surface area contributed by atoms with Gasteiger partial charge in [-0.2, -0.15) is 0 Å². The molecule has 0 spiro atoms. The lowest BCUT2D eigenvalue weighted by atomic mass is 10.1. The summed E-state index contributed by atoms with van der Waals surface area (Å²) in [6.45, 7) is -0.0881. The summed E-state index contributed by atoms with van der Waals surface area (Å²) < 4.78 is 24.4. The Morgan fingerprint density at radius 2 is 2.26 bits per heavy atom. The fraction of sp³-hybridized carbons (Fsp3) is 0.308. The van der Waals surface area contributed by atoms with Gasteiger partial charge in [0.25, 0.3) is 5.91 Å². The molecule has 0 aliphatic carbocycles. The number of carbonyl (C=O) groups is 1. The maximum Gasteiger partial charge on any atom is 0.254 e. The Kier molecular flexibility index (Phi) is 6.19. The first kappa shape index (κ1) is 15.3. The van der Waals surface area contributed by atoms with Crippen molar-refractivity contribution in [2.24, 2.45) is 0 Å². The van der Waals surface area contributed by atoms with Crippen LogP contribution in [0.3, 0.4) is 0 Å². The predicted molar refractivity (Wildman–Crippen MR) is 71.6 cm³/mol. The van der Waals surface area contributed by atoms with Crippen LogP contribution in [0.15, 0.2) is 18.2 Å². The first-order valence-corrected chi connectivity index (χ1v) is 7.25. The van der Waals surface area contributed by atoms with Crippen LogP contribution >= 0.6 is 0 Å². The van der Waals surface area contributed by atoms with Gasteiger partial charge in [0.2, 0.25) is 0 Å². The first-order chi connectivity index (χ1) is 9.04. The minimum Gasteiger partial charge on any atom is -0.384 e. The van der Waals surface area contributed by atoms with Gasteiger partial charge in [0.1, 0.15) is 12.4 Å². The fourth-order valence-electron chi connectivity index (χ4n) is 1.32. The molecule has 1 rings (SSSR count). The molecule has 0 aliphatic rings. The van der Waals surface area contributed by atoms with Gasteiger partial charge >= 0.3 is 0 Å². The van der Waals surface area contributed by atoms with Gasteiger partial charge in [-0.15, -0.1) is 0 Å². The van der Waals surface area contributed by atoms with Gasteiger partial charge in [0, 0.05) is 34.9 Å². The number of amides is 1. The molecule has 0 aliphatic heterocycles. The lowest BCUT2D eigenvalue weighted by molar-refractivity contribution is 0.0952. The monoisotopic (exact) mass is 283 g/mol. The lowest BCUT2D eigenvalue weighted by Gasteiger charge is -2.05. The van der Waals surface area contributed by atoms with E-state index < -0.39 is 22.5 Å². The number of nitrogens with one attached hydrogen (secondary N) is 1. The van der Waals surface area contributed by atoms with Crippen molar-refractivity contribution in [3.63, 3.8) is 0 Å². The molecule has 1 atom stereocenters. The summed E-state index contributed by atoms with van der Waals surface area (Å²) in [5.74, 6) is 4.11. The molecule has 1 aromatic rings. The van der Waals surface area contributed by atoms with Gasteiger partial charge < -0.3 is 10.4 Å². The molecule has 19 heavy (non-hydrogen) atoms. The van der Waals surface area contributed by atoms with Crippen LogP contribution in [0.1, 0.15) is 15.9 Å². The molecule has 0 heterocycles. The molecule has 1 unspecified atom stereocenters. The van der Waals surface area contributed by atoms with E-state index in [4.69, 9.17) is 5.11 Å². The summed E-state index contributed by atoms with van der Waals surface area (Å²) in [6.07, 6.45) is 1.53. The predicted octanol–water partition coefficient (Wildman–Crippen LogP) is 0.278. The Morgan fingerprint density at radius 1 is 1.53 bits per heavy atom. The number of benzene rings is 1.